The summed E-state index contributed by atoms with van der Waals surface area (Å²) in [5.41, 5.74) is 5.28. The Labute approximate surface area is 161 Å². The van der Waals surface area contributed by atoms with Crippen molar-refractivity contribution in [2.45, 2.75) is 26.2 Å². The van der Waals surface area contributed by atoms with E-state index >= 15 is 0 Å². The highest BCUT2D eigenvalue weighted by Gasteiger charge is 2.06. The molecule has 0 fully saturated rings. The Balaban J connectivity index is 1.72. The molecule has 0 aliphatic carbocycles. The van der Waals surface area contributed by atoms with E-state index < -0.39 is 0 Å². The third kappa shape index (κ3) is 7.04. The van der Waals surface area contributed by atoms with Crippen LogP contribution in [-0.4, -0.2) is 18.0 Å². The molecule has 2 amide bonds. The third-order valence-electron chi connectivity index (χ3n) is 3.48. The van der Waals surface area contributed by atoms with Gasteiger partial charge in [-0.1, -0.05) is 31.2 Å². The number of halogens is 1. The van der Waals surface area contributed by atoms with Crippen molar-refractivity contribution in [3.05, 3.63) is 63.2 Å². The highest BCUT2D eigenvalue weighted by atomic mass is 127. The lowest BCUT2D eigenvalue weighted by Crippen LogP contribution is -2.20. The van der Waals surface area contributed by atoms with Crippen molar-refractivity contribution in [3.8, 4) is 0 Å². The van der Waals surface area contributed by atoms with Crippen LogP contribution in [0.1, 0.15) is 30.9 Å². The maximum absolute atomic E-state index is 11.9. The number of carbonyl (C=O) groups is 2. The predicted molar refractivity (Wildman–Crippen MR) is 109 cm³/mol. The van der Waals surface area contributed by atoms with E-state index in [2.05, 4.69) is 45.4 Å². The number of anilines is 1. The van der Waals surface area contributed by atoms with Gasteiger partial charge in [0.1, 0.15) is 0 Å². The number of benzene rings is 2. The van der Waals surface area contributed by atoms with Crippen molar-refractivity contribution in [1.29, 1.82) is 0 Å². The lowest BCUT2D eigenvalue weighted by atomic mass is 10.1. The number of amides is 2. The van der Waals surface area contributed by atoms with Crippen molar-refractivity contribution in [1.82, 2.24) is 5.43 Å². The minimum absolute atomic E-state index is 0.0859. The molecular weight excluding hydrogens is 429 g/mol. The van der Waals surface area contributed by atoms with Gasteiger partial charge in [-0.15, -0.1) is 0 Å². The summed E-state index contributed by atoms with van der Waals surface area (Å²) >= 11 is 2.21. The van der Waals surface area contributed by atoms with Crippen LogP contribution in [0.4, 0.5) is 5.69 Å². The zero-order valence-corrected chi connectivity index (χ0v) is 16.1. The Kier molecular flexibility index (Phi) is 7.59. The van der Waals surface area contributed by atoms with Crippen molar-refractivity contribution in [2.75, 3.05) is 5.32 Å². The fourth-order valence-electron chi connectivity index (χ4n) is 2.10. The van der Waals surface area contributed by atoms with Gasteiger partial charge in [-0.2, -0.15) is 5.10 Å². The Bertz CT molecular complexity index is 758. The number of aryl methyl sites for hydroxylation is 1. The summed E-state index contributed by atoms with van der Waals surface area (Å²) < 4.78 is 1.09. The van der Waals surface area contributed by atoms with E-state index in [0.29, 0.717) is 0 Å². The average molecular weight is 449 g/mol. The molecule has 6 heteroatoms. The fourth-order valence-corrected chi connectivity index (χ4v) is 2.66. The van der Waals surface area contributed by atoms with Gasteiger partial charge in [0.2, 0.25) is 11.8 Å². The molecule has 0 heterocycles. The maximum Gasteiger partial charge on any atom is 0.240 e. The van der Waals surface area contributed by atoms with Gasteiger partial charge in [-0.05, 0) is 64.4 Å². The summed E-state index contributed by atoms with van der Waals surface area (Å²) in [5, 5.41) is 6.68. The first-order valence-electron chi connectivity index (χ1n) is 8.03. The zero-order valence-electron chi connectivity index (χ0n) is 14.0. The van der Waals surface area contributed by atoms with Crippen LogP contribution >= 0.6 is 22.6 Å². The molecule has 0 bridgehead atoms. The Morgan fingerprint density at radius 3 is 2.48 bits per heavy atom. The SMILES string of the molecule is CCc1ccc(NC(=O)CCC(=O)N/N=C\c2cccc(I)c2)cc1. The van der Waals surface area contributed by atoms with Crippen LogP contribution < -0.4 is 10.7 Å². The van der Waals surface area contributed by atoms with Gasteiger partial charge in [-0.3, -0.25) is 9.59 Å². The summed E-state index contributed by atoms with van der Waals surface area (Å²) in [6, 6.07) is 15.4. The summed E-state index contributed by atoms with van der Waals surface area (Å²) in [4.78, 5) is 23.6. The van der Waals surface area contributed by atoms with Crippen molar-refractivity contribution in [2.24, 2.45) is 5.10 Å². The third-order valence-corrected chi connectivity index (χ3v) is 4.15. The van der Waals surface area contributed by atoms with E-state index in [1.807, 2.05) is 48.5 Å². The molecule has 25 heavy (non-hydrogen) atoms. The van der Waals surface area contributed by atoms with E-state index in [-0.39, 0.29) is 24.7 Å². The molecule has 0 saturated heterocycles. The largest absolute Gasteiger partial charge is 0.326 e. The molecule has 0 aliphatic rings. The lowest BCUT2D eigenvalue weighted by Gasteiger charge is -2.05. The van der Waals surface area contributed by atoms with Crippen molar-refractivity contribution < 1.29 is 9.59 Å². The van der Waals surface area contributed by atoms with Crippen LogP contribution in [0.5, 0.6) is 0 Å². The molecule has 2 aromatic carbocycles. The van der Waals surface area contributed by atoms with E-state index in [1.54, 1.807) is 6.21 Å². The smallest absolute Gasteiger partial charge is 0.240 e. The normalized spacial score (nSPS) is 10.6. The van der Waals surface area contributed by atoms with Gasteiger partial charge in [-0.25, -0.2) is 5.43 Å². The Morgan fingerprint density at radius 1 is 1.08 bits per heavy atom. The number of hydrazone groups is 1. The van der Waals surface area contributed by atoms with Crippen LogP contribution in [0, 0.1) is 3.57 Å². The molecule has 0 aromatic heterocycles. The summed E-state index contributed by atoms with van der Waals surface area (Å²) in [6.07, 6.45) is 2.73. The number of nitrogens with one attached hydrogen (secondary N) is 2. The first-order chi connectivity index (χ1) is 12.1. The monoisotopic (exact) mass is 449 g/mol. The molecule has 2 aromatic rings. The molecule has 130 valence electrons. The van der Waals surface area contributed by atoms with E-state index in [4.69, 9.17) is 0 Å². The van der Waals surface area contributed by atoms with Crippen LogP contribution in [0.25, 0.3) is 0 Å². The number of nitrogens with zero attached hydrogens (tertiary/aromatic N) is 1. The second-order valence-electron chi connectivity index (χ2n) is 5.45. The highest BCUT2D eigenvalue weighted by molar-refractivity contribution is 14.1. The van der Waals surface area contributed by atoms with Crippen LogP contribution in [0.15, 0.2) is 53.6 Å². The molecule has 0 saturated carbocycles. The van der Waals surface area contributed by atoms with Crippen LogP contribution in [0.2, 0.25) is 0 Å². The number of carbonyl (C=O) groups excluding carboxylic acids is 2. The highest BCUT2D eigenvalue weighted by Crippen LogP contribution is 2.10. The van der Waals surface area contributed by atoms with E-state index in [1.165, 1.54) is 5.56 Å². The van der Waals surface area contributed by atoms with Crippen LogP contribution in [0.3, 0.4) is 0 Å². The molecule has 2 rings (SSSR count). The molecule has 0 spiro atoms. The van der Waals surface area contributed by atoms with Crippen molar-refractivity contribution >= 4 is 46.3 Å². The summed E-state index contributed by atoms with van der Waals surface area (Å²) in [7, 11) is 0. The fraction of sp³-hybridized carbons (Fsp3) is 0.211. The molecule has 2 N–H and O–H groups in total. The number of hydrogen-bond acceptors (Lipinski definition) is 3. The Hall–Kier alpha value is -2.22. The topological polar surface area (TPSA) is 70.6 Å². The summed E-state index contributed by atoms with van der Waals surface area (Å²) in [6.45, 7) is 2.08. The average Bonchev–Trinajstić information content (AvgIpc) is 2.61. The van der Waals surface area contributed by atoms with Gasteiger partial charge >= 0.3 is 0 Å². The first-order valence-corrected chi connectivity index (χ1v) is 9.11. The second-order valence-corrected chi connectivity index (χ2v) is 6.69. The number of hydrogen-bond donors (Lipinski definition) is 2. The van der Waals surface area contributed by atoms with Gasteiger partial charge in [0.05, 0.1) is 6.21 Å². The van der Waals surface area contributed by atoms with E-state index in [0.717, 1.165) is 21.2 Å². The lowest BCUT2D eigenvalue weighted by molar-refractivity contribution is -0.124. The molecular formula is C19H20IN3O2. The van der Waals surface area contributed by atoms with Crippen molar-refractivity contribution in [3.63, 3.8) is 0 Å². The number of rotatable bonds is 7. The standard InChI is InChI=1S/C19H20IN3O2/c1-2-14-6-8-17(9-7-14)22-18(24)10-11-19(25)23-21-13-15-4-3-5-16(20)12-15/h3-9,12-13H,2,10-11H2,1H3,(H,22,24)(H,23,25)/b21-13-. The molecule has 0 atom stereocenters. The van der Waals surface area contributed by atoms with Gasteiger partial charge in [0.15, 0.2) is 0 Å². The van der Waals surface area contributed by atoms with E-state index in [9.17, 15) is 9.59 Å². The first kappa shape index (κ1) is 19.1. The quantitative estimate of drug-likeness (QED) is 0.384. The molecule has 0 unspecified atom stereocenters. The van der Waals surface area contributed by atoms with Gasteiger partial charge < -0.3 is 5.32 Å². The minimum Gasteiger partial charge on any atom is -0.326 e. The predicted octanol–water partition coefficient (Wildman–Crippen LogP) is 3.72. The zero-order chi connectivity index (χ0) is 18.1. The maximum atomic E-state index is 11.9. The Morgan fingerprint density at radius 2 is 1.80 bits per heavy atom. The molecule has 5 nitrogen and oxygen atoms in total. The van der Waals surface area contributed by atoms with Gasteiger partial charge in [0, 0.05) is 22.1 Å². The second kappa shape index (κ2) is 9.93. The molecule has 0 aliphatic heterocycles. The minimum atomic E-state index is -0.293. The summed E-state index contributed by atoms with van der Waals surface area (Å²) in [5.74, 6) is -0.487. The van der Waals surface area contributed by atoms with Crippen LogP contribution in [-0.2, 0) is 16.0 Å². The molecule has 0 radical (unpaired) electrons. The van der Waals surface area contributed by atoms with Gasteiger partial charge in [0.25, 0.3) is 0 Å².